The van der Waals surface area contributed by atoms with Crippen LogP contribution in [0, 0.1) is 0 Å². The number of rotatable bonds is 5. The molecule has 1 saturated heterocycles. The number of fused-ring (bicyclic) bond motifs is 3. The molecule has 0 bridgehead atoms. The number of nitrogens with one attached hydrogen (secondary N) is 1. The average Bonchev–Trinajstić information content (AvgIpc) is 3.26. The standard InChI is InChI=1S/C26H27N7O3/c1-32-7-9-33(10-8-32)26(35)16-3-5-18-19-11-17(12-20(25(27)34)24(19)29-22(18)13-16)15-4-6-21(30-31-28)23(14-15)36-2/h3-6,11-14,29H,7-10H2,1-2H3,(H2,27,34)(H2,28,30). The van der Waals surface area contributed by atoms with Gasteiger partial charge in [0, 0.05) is 48.0 Å². The summed E-state index contributed by atoms with van der Waals surface area (Å²) in [4.78, 5) is 32.9. The van der Waals surface area contributed by atoms with Crippen LogP contribution < -0.4 is 16.3 Å². The van der Waals surface area contributed by atoms with E-state index in [0.29, 0.717) is 41.2 Å². The number of primary amides is 1. The summed E-state index contributed by atoms with van der Waals surface area (Å²) in [6.45, 7) is 3.10. The summed E-state index contributed by atoms with van der Waals surface area (Å²) in [5.74, 6) is 5.13. The summed E-state index contributed by atoms with van der Waals surface area (Å²) in [5, 5.41) is 8.92. The number of nitrogens with zero attached hydrogens (tertiary/aromatic N) is 4. The molecule has 5 N–H and O–H groups in total. The Morgan fingerprint density at radius 1 is 0.972 bits per heavy atom. The van der Waals surface area contributed by atoms with Crippen LogP contribution in [0.25, 0.3) is 32.9 Å². The van der Waals surface area contributed by atoms with Gasteiger partial charge in [-0.15, -0.1) is 5.11 Å². The van der Waals surface area contributed by atoms with E-state index in [4.69, 9.17) is 16.3 Å². The summed E-state index contributed by atoms with van der Waals surface area (Å²) in [7, 11) is 3.59. The molecule has 4 aromatic rings. The molecular formula is C26H27N7O3. The van der Waals surface area contributed by atoms with Gasteiger partial charge in [-0.1, -0.05) is 17.4 Å². The van der Waals surface area contributed by atoms with E-state index in [1.165, 1.54) is 7.11 Å². The lowest BCUT2D eigenvalue weighted by Gasteiger charge is -2.32. The highest BCUT2D eigenvalue weighted by atomic mass is 16.5. The van der Waals surface area contributed by atoms with Gasteiger partial charge in [-0.3, -0.25) is 9.59 Å². The van der Waals surface area contributed by atoms with E-state index in [-0.39, 0.29) is 5.91 Å². The van der Waals surface area contributed by atoms with Gasteiger partial charge in [0.05, 0.1) is 18.2 Å². The number of H-pyrrole nitrogens is 1. The van der Waals surface area contributed by atoms with E-state index >= 15 is 0 Å². The molecule has 36 heavy (non-hydrogen) atoms. The molecule has 1 fully saturated rings. The normalized spacial score (nSPS) is 14.7. The smallest absolute Gasteiger partial charge is 0.254 e. The fraction of sp³-hybridized carbons (Fsp3) is 0.231. The summed E-state index contributed by atoms with van der Waals surface area (Å²) in [6.07, 6.45) is 0. The highest BCUT2D eigenvalue weighted by Gasteiger charge is 2.22. The van der Waals surface area contributed by atoms with Crippen LogP contribution in [-0.4, -0.2) is 66.9 Å². The number of aromatic amines is 1. The Balaban J connectivity index is 1.60. The van der Waals surface area contributed by atoms with Crippen molar-refractivity contribution in [2.24, 2.45) is 21.9 Å². The number of likely N-dealkylation sites (N-methyl/N-ethyl adjacent to an activating group) is 1. The minimum absolute atomic E-state index is 0.00119. The summed E-state index contributed by atoms with van der Waals surface area (Å²) >= 11 is 0. The Labute approximate surface area is 207 Å². The zero-order valence-corrected chi connectivity index (χ0v) is 20.1. The molecule has 10 heteroatoms. The molecule has 2 heterocycles. The Kier molecular flexibility index (Phi) is 6.03. The van der Waals surface area contributed by atoms with Crippen molar-refractivity contribution in [1.82, 2.24) is 14.8 Å². The molecule has 1 aromatic heterocycles. The number of carbonyl (C=O) groups is 2. The van der Waals surface area contributed by atoms with Crippen molar-refractivity contribution in [3.63, 3.8) is 0 Å². The summed E-state index contributed by atoms with van der Waals surface area (Å²) in [6, 6.07) is 14.7. The van der Waals surface area contributed by atoms with Crippen LogP contribution in [0.15, 0.2) is 58.9 Å². The number of ether oxygens (including phenoxy) is 1. The lowest BCUT2D eigenvalue weighted by Crippen LogP contribution is -2.47. The van der Waals surface area contributed by atoms with Crippen LogP contribution in [0.4, 0.5) is 5.69 Å². The predicted octanol–water partition coefficient (Wildman–Crippen LogP) is 3.44. The number of benzene rings is 3. The summed E-state index contributed by atoms with van der Waals surface area (Å²) < 4.78 is 5.43. The summed E-state index contributed by atoms with van der Waals surface area (Å²) in [5.41, 5.74) is 10.2. The molecule has 0 spiro atoms. The van der Waals surface area contributed by atoms with E-state index in [0.717, 1.165) is 40.5 Å². The van der Waals surface area contributed by atoms with E-state index in [2.05, 4.69) is 27.3 Å². The highest BCUT2D eigenvalue weighted by Crippen LogP contribution is 2.37. The lowest BCUT2D eigenvalue weighted by molar-refractivity contribution is 0.0664. The fourth-order valence-corrected chi connectivity index (χ4v) is 4.69. The van der Waals surface area contributed by atoms with Gasteiger partial charge in [-0.05, 0) is 54.6 Å². The van der Waals surface area contributed by atoms with Crippen LogP contribution >= 0.6 is 0 Å². The lowest BCUT2D eigenvalue weighted by atomic mass is 9.98. The number of aromatic nitrogens is 1. The number of methoxy groups -OCH3 is 1. The number of hydrogen-bond donors (Lipinski definition) is 3. The van der Waals surface area contributed by atoms with Crippen molar-refractivity contribution in [1.29, 1.82) is 0 Å². The molecule has 0 saturated carbocycles. The van der Waals surface area contributed by atoms with Gasteiger partial charge in [0.15, 0.2) is 0 Å². The fourth-order valence-electron chi connectivity index (χ4n) is 4.69. The van der Waals surface area contributed by atoms with Gasteiger partial charge in [0.25, 0.3) is 11.8 Å². The Morgan fingerprint density at radius 3 is 2.44 bits per heavy atom. The van der Waals surface area contributed by atoms with Crippen molar-refractivity contribution in [3.8, 4) is 16.9 Å². The van der Waals surface area contributed by atoms with E-state index in [1.807, 2.05) is 35.2 Å². The molecule has 1 aliphatic heterocycles. The molecule has 0 radical (unpaired) electrons. The zero-order valence-electron chi connectivity index (χ0n) is 20.1. The Bertz CT molecular complexity index is 1520. The van der Waals surface area contributed by atoms with Crippen molar-refractivity contribution >= 4 is 39.3 Å². The Morgan fingerprint density at radius 2 is 1.75 bits per heavy atom. The van der Waals surface area contributed by atoms with Crippen LogP contribution in [0.1, 0.15) is 20.7 Å². The van der Waals surface area contributed by atoms with Gasteiger partial charge < -0.3 is 31.1 Å². The van der Waals surface area contributed by atoms with E-state index in [1.54, 1.807) is 18.2 Å². The van der Waals surface area contributed by atoms with Crippen molar-refractivity contribution in [2.75, 3.05) is 40.3 Å². The van der Waals surface area contributed by atoms with Crippen molar-refractivity contribution < 1.29 is 14.3 Å². The van der Waals surface area contributed by atoms with Crippen molar-refractivity contribution in [3.05, 3.63) is 59.7 Å². The first-order valence-corrected chi connectivity index (χ1v) is 11.6. The molecule has 184 valence electrons. The maximum absolute atomic E-state index is 13.1. The molecule has 0 aliphatic carbocycles. The third kappa shape index (κ3) is 4.11. The third-order valence-electron chi connectivity index (χ3n) is 6.69. The maximum Gasteiger partial charge on any atom is 0.254 e. The van der Waals surface area contributed by atoms with Gasteiger partial charge in [-0.25, -0.2) is 0 Å². The highest BCUT2D eigenvalue weighted by molar-refractivity contribution is 6.17. The molecule has 1 aliphatic rings. The quantitative estimate of drug-likeness (QED) is 0.225. The molecule has 0 atom stereocenters. The van der Waals surface area contributed by atoms with Crippen molar-refractivity contribution in [2.45, 2.75) is 0 Å². The monoisotopic (exact) mass is 485 g/mol. The maximum atomic E-state index is 13.1. The second-order valence-electron chi connectivity index (χ2n) is 8.89. The first-order valence-electron chi connectivity index (χ1n) is 11.6. The van der Waals surface area contributed by atoms with E-state index in [9.17, 15) is 9.59 Å². The minimum atomic E-state index is -0.553. The van der Waals surface area contributed by atoms with E-state index < -0.39 is 5.91 Å². The Hall–Kier alpha value is -4.44. The predicted molar refractivity (Wildman–Crippen MR) is 138 cm³/mol. The second kappa shape index (κ2) is 9.31. The molecule has 2 amide bonds. The van der Waals surface area contributed by atoms with Gasteiger partial charge in [0.1, 0.15) is 11.4 Å². The van der Waals surface area contributed by atoms with Crippen LogP contribution in [0.2, 0.25) is 0 Å². The number of nitrogens with two attached hydrogens (primary N) is 2. The molecule has 0 unspecified atom stereocenters. The van der Waals surface area contributed by atoms with Crippen LogP contribution in [0.5, 0.6) is 5.75 Å². The topological polar surface area (TPSA) is 142 Å². The average molecular weight is 486 g/mol. The minimum Gasteiger partial charge on any atom is -0.494 e. The second-order valence-corrected chi connectivity index (χ2v) is 8.89. The first-order chi connectivity index (χ1) is 17.4. The van der Waals surface area contributed by atoms with Crippen LogP contribution in [-0.2, 0) is 0 Å². The van der Waals surface area contributed by atoms with Gasteiger partial charge >= 0.3 is 0 Å². The SMILES string of the molecule is COc1cc(-c2cc(C(N)=O)c3[nH]c4cc(C(=O)N5CCN(C)CC5)ccc4c3c2)ccc1N=NN. The molecule has 5 rings (SSSR count). The zero-order chi connectivity index (χ0) is 25.4. The number of carbonyl (C=O) groups excluding carboxylic acids is 2. The van der Waals surface area contributed by atoms with Gasteiger partial charge in [0.2, 0.25) is 0 Å². The number of amides is 2. The number of piperazine rings is 1. The molecular weight excluding hydrogens is 458 g/mol. The molecule has 10 nitrogen and oxygen atoms in total. The number of hydrogen-bond acceptors (Lipinski definition) is 6. The first kappa shape index (κ1) is 23.3. The van der Waals surface area contributed by atoms with Gasteiger partial charge in [-0.2, -0.15) is 0 Å². The van der Waals surface area contributed by atoms with Crippen LogP contribution in [0.3, 0.4) is 0 Å². The molecule has 3 aromatic carbocycles. The largest absolute Gasteiger partial charge is 0.494 e. The third-order valence-corrected chi connectivity index (χ3v) is 6.69.